The zero-order valence-electron chi connectivity index (χ0n) is 9.48. The van der Waals surface area contributed by atoms with Gasteiger partial charge in [-0.3, -0.25) is 4.79 Å². The Morgan fingerprint density at radius 2 is 2.00 bits per heavy atom. The molecule has 1 aromatic carbocycles. The van der Waals surface area contributed by atoms with Crippen LogP contribution in [0.5, 0.6) is 0 Å². The molecule has 1 aromatic rings. The Morgan fingerprint density at radius 3 is 2.53 bits per heavy atom. The molecular weight excluding hydrogens is 353 g/mol. The molecule has 19 heavy (non-hydrogen) atoms. The van der Waals surface area contributed by atoms with E-state index in [0.29, 0.717) is 4.90 Å². The molecule has 0 saturated carbocycles. The summed E-state index contributed by atoms with van der Waals surface area (Å²) < 4.78 is 50.5. The fraction of sp³-hybridized carbons (Fsp3) is 0.364. The van der Waals surface area contributed by atoms with Crippen LogP contribution in [-0.2, 0) is 0 Å². The first-order valence-electron chi connectivity index (χ1n) is 5.11. The maximum atomic E-state index is 13.5. The van der Waals surface area contributed by atoms with E-state index in [4.69, 9.17) is 11.6 Å². The van der Waals surface area contributed by atoms with Gasteiger partial charge in [-0.25, -0.2) is 4.39 Å². The van der Waals surface area contributed by atoms with Crippen LogP contribution >= 0.6 is 27.5 Å². The van der Waals surface area contributed by atoms with Gasteiger partial charge in [0.15, 0.2) is 0 Å². The Bertz CT molecular complexity index is 466. The van der Waals surface area contributed by atoms with Crippen LogP contribution < -0.4 is 0 Å². The zero-order chi connectivity index (χ0) is 14.6. The normalized spacial score (nSPS) is 11.5. The maximum Gasteiger partial charge on any atom is 0.406 e. The van der Waals surface area contributed by atoms with Crippen molar-refractivity contribution < 1.29 is 22.4 Å². The summed E-state index contributed by atoms with van der Waals surface area (Å²) in [5.74, 6) is -1.95. The second-order valence-corrected chi connectivity index (χ2v) is 4.88. The predicted octanol–water partition coefficient (Wildman–Crippen LogP) is 3.88. The number of alkyl halides is 4. The highest BCUT2D eigenvalue weighted by Gasteiger charge is 2.33. The Labute approximate surface area is 120 Å². The number of hydrogen-bond acceptors (Lipinski definition) is 1. The molecule has 106 valence electrons. The van der Waals surface area contributed by atoms with Crippen LogP contribution in [0.3, 0.4) is 0 Å². The van der Waals surface area contributed by atoms with Crippen LogP contribution in [0.4, 0.5) is 17.6 Å². The Hall–Kier alpha value is -0.820. The van der Waals surface area contributed by atoms with Gasteiger partial charge in [0, 0.05) is 16.9 Å². The van der Waals surface area contributed by atoms with Gasteiger partial charge < -0.3 is 4.90 Å². The highest BCUT2D eigenvalue weighted by atomic mass is 79.9. The number of benzene rings is 1. The molecule has 1 rings (SSSR count). The molecule has 8 heteroatoms. The second kappa shape index (κ2) is 6.56. The average molecular weight is 363 g/mol. The standard InChI is InChI=1S/C11H9BrClF4NO/c12-3-4-18(6-11(15,16)17)10(19)8-5-7(13)1-2-9(8)14/h1-2,5H,3-4,6H2. The van der Waals surface area contributed by atoms with Gasteiger partial charge in [-0.1, -0.05) is 27.5 Å². The minimum atomic E-state index is -4.55. The first-order chi connectivity index (χ1) is 8.74. The summed E-state index contributed by atoms with van der Waals surface area (Å²) >= 11 is 8.56. The van der Waals surface area contributed by atoms with Crippen LogP contribution in [0.1, 0.15) is 10.4 Å². The lowest BCUT2D eigenvalue weighted by Crippen LogP contribution is -2.40. The number of carbonyl (C=O) groups excluding carboxylic acids is 1. The van der Waals surface area contributed by atoms with Gasteiger partial charge in [0.25, 0.3) is 5.91 Å². The highest BCUT2D eigenvalue weighted by molar-refractivity contribution is 9.09. The number of amides is 1. The molecule has 0 atom stereocenters. The van der Waals surface area contributed by atoms with Gasteiger partial charge in [0.05, 0.1) is 5.56 Å². The number of hydrogen-bond donors (Lipinski definition) is 0. The summed E-state index contributed by atoms with van der Waals surface area (Å²) in [7, 11) is 0. The van der Waals surface area contributed by atoms with E-state index in [0.717, 1.165) is 12.1 Å². The van der Waals surface area contributed by atoms with Gasteiger partial charge >= 0.3 is 6.18 Å². The van der Waals surface area contributed by atoms with Crippen molar-refractivity contribution in [2.75, 3.05) is 18.4 Å². The molecule has 0 aromatic heterocycles. The lowest BCUT2D eigenvalue weighted by atomic mass is 10.2. The summed E-state index contributed by atoms with van der Waals surface area (Å²) in [4.78, 5) is 12.4. The first-order valence-corrected chi connectivity index (χ1v) is 6.61. The quantitative estimate of drug-likeness (QED) is 0.588. The van der Waals surface area contributed by atoms with Crippen molar-refractivity contribution in [3.8, 4) is 0 Å². The van der Waals surface area contributed by atoms with Crippen LogP contribution in [0, 0.1) is 5.82 Å². The molecule has 0 aliphatic heterocycles. The summed E-state index contributed by atoms with van der Waals surface area (Å²) in [6, 6.07) is 3.17. The largest absolute Gasteiger partial charge is 0.406 e. The smallest absolute Gasteiger partial charge is 0.329 e. The molecule has 0 N–H and O–H groups in total. The van der Waals surface area contributed by atoms with Crippen molar-refractivity contribution in [1.29, 1.82) is 0 Å². The fourth-order valence-corrected chi connectivity index (χ4v) is 2.00. The first kappa shape index (κ1) is 16.2. The second-order valence-electron chi connectivity index (χ2n) is 3.66. The number of rotatable bonds is 4. The third kappa shape index (κ3) is 4.99. The molecule has 0 radical (unpaired) electrons. The van der Waals surface area contributed by atoms with E-state index in [9.17, 15) is 22.4 Å². The van der Waals surface area contributed by atoms with Crippen molar-refractivity contribution in [2.45, 2.75) is 6.18 Å². The molecule has 0 aliphatic carbocycles. The number of carbonyl (C=O) groups is 1. The van der Waals surface area contributed by atoms with E-state index in [1.54, 1.807) is 0 Å². The summed E-state index contributed by atoms with van der Waals surface area (Å²) in [5.41, 5.74) is -0.474. The summed E-state index contributed by atoms with van der Waals surface area (Å²) in [5, 5.41) is 0.229. The third-order valence-electron chi connectivity index (χ3n) is 2.17. The van der Waals surface area contributed by atoms with E-state index in [1.807, 2.05) is 0 Å². The van der Waals surface area contributed by atoms with Crippen molar-refractivity contribution in [3.05, 3.63) is 34.6 Å². The molecule has 0 aliphatic rings. The molecular formula is C11H9BrClF4NO. The molecule has 0 fully saturated rings. The maximum absolute atomic E-state index is 13.5. The summed E-state index contributed by atoms with van der Waals surface area (Å²) in [6.45, 7) is -1.63. The predicted molar refractivity (Wildman–Crippen MR) is 67.2 cm³/mol. The SMILES string of the molecule is O=C(c1cc(Cl)ccc1F)N(CCBr)CC(F)(F)F. The van der Waals surface area contributed by atoms with Crippen LogP contribution in [0.2, 0.25) is 5.02 Å². The van der Waals surface area contributed by atoms with Crippen LogP contribution in [0.25, 0.3) is 0 Å². The monoisotopic (exact) mass is 361 g/mol. The van der Waals surface area contributed by atoms with Gasteiger partial charge in [0.1, 0.15) is 12.4 Å². The molecule has 1 amide bonds. The van der Waals surface area contributed by atoms with Crippen LogP contribution in [0.15, 0.2) is 18.2 Å². The zero-order valence-corrected chi connectivity index (χ0v) is 11.8. The van der Waals surface area contributed by atoms with Crippen molar-refractivity contribution >= 4 is 33.4 Å². The molecule has 0 saturated heterocycles. The van der Waals surface area contributed by atoms with E-state index < -0.39 is 30.0 Å². The average Bonchev–Trinajstić information content (AvgIpc) is 2.29. The van der Waals surface area contributed by atoms with E-state index in [2.05, 4.69) is 15.9 Å². The lowest BCUT2D eigenvalue weighted by molar-refractivity contribution is -0.140. The molecule has 0 unspecified atom stereocenters. The Kier molecular flexibility index (Phi) is 5.61. The van der Waals surface area contributed by atoms with Crippen molar-refractivity contribution in [3.63, 3.8) is 0 Å². The van der Waals surface area contributed by atoms with Gasteiger partial charge in [-0.05, 0) is 18.2 Å². The number of nitrogens with zero attached hydrogens (tertiary/aromatic N) is 1. The Morgan fingerprint density at radius 1 is 1.37 bits per heavy atom. The van der Waals surface area contributed by atoms with Crippen molar-refractivity contribution in [2.24, 2.45) is 0 Å². The third-order valence-corrected chi connectivity index (χ3v) is 2.76. The molecule has 0 spiro atoms. The van der Waals surface area contributed by atoms with Gasteiger partial charge in [-0.2, -0.15) is 13.2 Å². The molecule has 2 nitrogen and oxygen atoms in total. The van der Waals surface area contributed by atoms with Crippen molar-refractivity contribution in [1.82, 2.24) is 4.90 Å². The van der Waals surface area contributed by atoms with E-state index in [-0.39, 0.29) is 16.9 Å². The lowest BCUT2D eigenvalue weighted by Gasteiger charge is -2.23. The molecule has 0 bridgehead atoms. The number of halogens is 6. The minimum absolute atomic E-state index is 0.0792. The topological polar surface area (TPSA) is 20.3 Å². The molecule has 0 heterocycles. The van der Waals surface area contributed by atoms with E-state index >= 15 is 0 Å². The van der Waals surface area contributed by atoms with Crippen LogP contribution in [-0.4, -0.2) is 35.4 Å². The van der Waals surface area contributed by atoms with Gasteiger partial charge in [-0.15, -0.1) is 0 Å². The fourth-order valence-electron chi connectivity index (χ4n) is 1.40. The minimum Gasteiger partial charge on any atom is -0.329 e. The summed E-state index contributed by atoms with van der Waals surface area (Å²) in [6.07, 6.45) is -4.55. The highest BCUT2D eigenvalue weighted by Crippen LogP contribution is 2.21. The van der Waals surface area contributed by atoms with E-state index in [1.165, 1.54) is 6.07 Å². The van der Waals surface area contributed by atoms with Gasteiger partial charge in [0.2, 0.25) is 0 Å². The Balaban J connectivity index is 3.02.